The summed E-state index contributed by atoms with van der Waals surface area (Å²) >= 11 is 12.4. The quantitative estimate of drug-likeness (QED) is 0.414. The van der Waals surface area contributed by atoms with Gasteiger partial charge in [0, 0.05) is 16.1 Å². The number of fused-ring (bicyclic) bond motifs is 3. The van der Waals surface area contributed by atoms with Crippen molar-refractivity contribution in [2.45, 2.75) is 5.92 Å². The first kappa shape index (κ1) is 22.9. The van der Waals surface area contributed by atoms with Crippen LogP contribution in [0.4, 0.5) is 14.8 Å². The number of nitrogen functional groups attached to an aromatic ring is 1. The van der Waals surface area contributed by atoms with Crippen LogP contribution in [0.25, 0.3) is 17.5 Å². The smallest absolute Gasteiger partial charge is 0.362 e. The molecule has 12 heteroatoms. The van der Waals surface area contributed by atoms with Gasteiger partial charge in [-0.2, -0.15) is 4.98 Å². The van der Waals surface area contributed by atoms with Gasteiger partial charge in [0.25, 0.3) is 6.01 Å². The number of hydrogen-bond donors (Lipinski definition) is 1. The molecule has 178 valence electrons. The molecule has 2 aromatic heterocycles. The van der Waals surface area contributed by atoms with Crippen LogP contribution in [0.1, 0.15) is 22.7 Å². The van der Waals surface area contributed by atoms with Crippen LogP contribution in [-0.2, 0) is 9.53 Å². The molecule has 1 aliphatic heterocycles. The van der Waals surface area contributed by atoms with E-state index in [1.807, 2.05) is 0 Å². The summed E-state index contributed by atoms with van der Waals surface area (Å²) < 4.78 is 46.4. The molecule has 3 heterocycles. The molecule has 0 aliphatic carbocycles. The molecular formula is C23H13Cl2F2N3O5. The van der Waals surface area contributed by atoms with E-state index >= 15 is 4.39 Å². The molecule has 0 fully saturated rings. The van der Waals surface area contributed by atoms with Gasteiger partial charge < -0.3 is 19.3 Å². The van der Waals surface area contributed by atoms with E-state index in [-0.39, 0.29) is 55.2 Å². The summed E-state index contributed by atoms with van der Waals surface area (Å²) in [4.78, 5) is 30.0. The minimum absolute atomic E-state index is 0.0150. The molecule has 0 saturated carbocycles. The van der Waals surface area contributed by atoms with E-state index in [1.165, 1.54) is 24.3 Å². The predicted molar refractivity (Wildman–Crippen MR) is 122 cm³/mol. The highest BCUT2D eigenvalue weighted by atomic mass is 35.5. The summed E-state index contributed by atoms with van der Waals surface area (Å²) in [6, 6.07) is 7.57. The number of nitrogens with zero attached hydrogens (tertiary/aromatic N) is 2. The Balaban J connectivity index is 1.98. The fourth-order valence-corrected chi connectivity index (χ4v) is 4.49. The number of ether oxygens (including phenoxy) is 1. The monoisotopic (exact) mass is 519 g/mol. The molecule has 8 nitrogen and oxygen atoms in total. The minimum atomic E-state index is -1.30. The van der Waals surface area contributed by atoms with E-state index in [9.17, 15) is 14.0 Å². The lowest BCUT2D eigenvalue weighted by molar-refractivity contribution is -0.134. The van der Waals surface area contributed by atoms with Gasteiger partial charge in [-0.25, -0.2) is 22.9 Å². The Bertz CT molecular complexity index is 1670. The average Bonchev–Trinajstić information content (AvgIpc) is 3.34. The number of methoxy groups -OCH3 is 1. The second kappa shape index (κ2) is 8.40. The zero-order valence-corrected chi connectivity index (χ0v) is 19.2. The summed E-state index contributed by atoms with van der Waals surface area (Å²) in [5.41, 5.74) is 3.89. The number of esters is 1. The Hall–Kier alpha value is -3.89. The standard InChI is InChI=1S/C23H13Cl2F2N3O5/c1-33-22(32)17-16(15-11(25)5-3-7-13(15)27)18-20(35-23(28)29-18)30-14(21(31)34-19(17)30)8-9-10(24)4-2-6-12(9)26/h2-8,16H,1H3,(H2,28,29)/b14-8+. The maximum absolute atomic E-state index is 15.0. The van der Waals surface area contributed by atoms with Crippen LogP contribution in [0.5, 0.6) is 0 Å². The summed E-state index contributed by atoms with van der Waals surface area (Å²) in [7, 11) is 1.10. The van der Waals surface area contributed by atoms with E-state index in [1.54, 1.807) is 0 Å². The number of anilines is 1. The van der Waals surface area contributed by atoms with E-state index in [4.69, 9.17) is 42.5 Å². The van der Waals surface area contributed by atoms with Crippen LogP contribution < -0.4 is 22.3 Å². The topological polar surface area (TPSA) is 113 Å². The fraction of sp³-hybridized carbons (Fsp3) is 0.0870. The fourth-order valence-electron chi connectivity index (χ4n) is 4.00. The molecule has 2 aromatic carbocycles. The van der Waals surface area contributed by atoms with Crippen molar-refractivity contribution in [1.82, 2.24) is 9.55 Å². The maximum Gasteiger partial charge on any atom is 0.362 e. The number of aromatic nitrogens is 2. The van der Waals surface area contributed by atoms with Gasteiger partial charge in [0.15, 0.2) is 0 Å². The molecule has 1 atom stereocenters. The van der Waals surface area contributed by atoms with Crippen molar-refractivity contribution >= 4 is 46.8 Å². The van der Waals surface area contributed by atoms with Crippen molar-refractivity contribution in [2.24, 2.45) is 0 Å². The van der Waals surface area contributed by atoms with Crippen molar-refractivity contribution in [1.29, 1.82) is 0 Å². The van der Waals surface area contributed by atoms with Crippen LogP contribution in [0.3, 0.4) is 0 Å². The van der Waals surface area contributed by atoms with E-state index < -0.39 is 29.1 Å². The number of rotatable bonds is 3. The SMILES string of the molecule is COC(=O)C1=c2oc(=O)/c(=C\c3c(F)cccc3Cl)n2-c2oc(N)nc2C1c1c(F)cccc1Cl. The van der Waals surface area contributed by atoms with E-state index in [2.05, 4.69) is 4.98 Å². The van der Waals surface area contributed by atoms with Crippen molar-refractivity contribution in [3.63, 3.8) is 0 Å². The lowest BCUT2D eigenvalue weighted by Crippen LogP contribution is -2.37. The number of benzene rings is 2. The minimum Gasteiger partial charge on any atom is -0.465 e. The second-order valence-electron chi connectivity index (χ2n) is 7.41. The van der Waals surface area contributed by atoms with Gasteiger partial charge in [-0.3, -0.25) is 0 Å². The molecule has 5 rings (SSSR count). The average molecular weight is 520 g/mol. The Labute approximate surface area is 204 Å². The van der Waals surface area contributed by atoms with Crippen molar-refractivity contribution in [2.75, 3.05) is 12.8 Å². The predicted octanol–water partition coefficient (Wildman–Crippen LogP) is 2.88. The van der Waals surface area contributed by atoms with Gasteiger partial charge in [-0.1, -0.05) is 35.3 Å². The zero-order valence-electron chi connectivity index (χ0n) is 17.6. The molecule has 4 aromatic rings. The first-order valence-electron chi connectivity index (χ1n) is 9.93. The Morgan fingerprint density at radius 1 is 1.14 bits per heavy atom. The number of nitrogens with two attached hydrogens (primary N) is 1. The number of carbonyl (C=O) groups is 1. The Kier molecular flexibility index (Phi) is 5.49. The molecule has 35 heavy (non-hydrogen) atoms. The molecule has 2 N–H and O–H groups in total. The van der Waals surface area contributed by atoms with Gasteiger partial charge in [-0.15, -0.1) is 0 Å². The Morgan fingerprint density at radius 2 is 1.83 bits per heavy atom. The largest absolute Gasteiger partial charge is 0.465 e. The number of carbonyl (C=O) groups excluding carboxylic acids is 1. The molecule has 0 bridgehead atoms. The molecule has 0 amide bonds. The third-order valence-electron chi connectivity index (χ3n) is 5.46. The van der Waals surface area contributed by atoms with E-state index in [0.717, 1.165) is 29.9 Å². The third kappa shape index (κ3) is 3.53. The summed E-state index contributed by atoms with van der Waals surface area (Å²) in [6.07, 6.45) is 1.13. The van der Waals surface area contributed by atoms with Crippen molar-refractivity contribution in [3.8, 4) is 5.88 Å². The van der Waals surface area contributed by atoms with Gasteiger partial charge in [0.1, 0.15) is 28.3 Å². The molecular weight excluding hydrogens is 507 g/mol. The number of oxazole rings is 2. The van der Waals surface area contributed by atoms with Gasteiger partial charge in [0.2, 0.25) is 11.4 Å². The Morgan fingerprint density at radius 3 is 2.49 bits per heavy atom. The molecule has 0 saturated heterocycles. The third-order valence-corrected chi connectivity index (χ3v) is 6.12. The van der Waals surface area contributed by atoms with Crippen LogP contribution in [-0.4, -0.2) is 22.6 Å². The van der Waals surface area contributed by atoms with Crippen LogP contribution >= 0.6 is 23.2 Å². The van der Waals surface area contributed by atoms with Crippen LogP contribution in [0.15, 0.2) is 50.0 Å². The molecule has 1 unspecified atom stereocenters. The molecule has 1 aliphatic rings. The van der Waals surface area contributed by atoms with Crippen LogP contribution in [0.2, 0.25) is 10.0 Å². The first-order chi connectivity index (χ1) is 16.7. The zero-order chi connectivity index (χ0) is 25.0. The molecule has 0 spiro atoms. The number of halogens is 4. The molecule has 0 radical (unpaired) electrons. The first-order valence-corrected chi connectivity index (χ1v) is 10.7. The highest BCUT2D eigenvalue weighted by molar-refractivity contribution is 6.32. The lowest BCUT2D eigenvalue weighted by Gasteiger charge is -2.22. The van der Waals surface area contributed by atoms with Crippen molar-refractivity contribution in [3.05, 3.63) is 96.2 Å². The van der Waals surface area contributed by atoms with Crippen LogP contribution in [0, 0.1) is 11.6 Å². The highest BCUT2D eigenvalue weighted by Crippen LogP contribution is 2.42. The van der Waals surface area contributed by atoms with E-state index in [0.29, 0.717) is 0 Å². The van der Waals surface area contributed by atoms with Gasteiger partial charge >= 0.3 is 11.6 Å². The lowest BCUT2D eigenvalue weighted by atomic mass is 9.86. The summed E-state index contributed by atoms with van der Waals surface area (Å²) in [6.45, 7) is 0. The summed E-state index contributed by atoms with van der Waals surface area (Å²) in [5, 5.41) is -0.277. The highest BCUT2D eigenvalue weighted by Gasteiger charge is 2.41. The van der Waals surface area contributed by atoms with Gasteiger partial charge in [0.05, 0.1) is 18.1 Å². The van der Waals surface area contributed by atoms with Crippen molar-refractivity contribution < 1.29 is 27.1 Å². The second-order valence-corrected chi connectivity index (χ2v) is 8.23. The normalized spacial score (nSPS) is 15.2. The summed E-state index contributed by atoms with van der Waals surface area (Å²) in [5.74, 6) is -3.89. The van der Waals surface area contributed by atoms with Gasteiger partial charge in [-0.05, 0) is 30.3 Å². The maximum atomic E-state index is 15.0. The number of hydrogen-bond acceptors (Lipinski definition) is 7.